The molecule has 0 spiro atoms. The largest absolute Gasteiger partial charge is 0.302 e. The molecular formula is C9H7NO2S. The van der Waals surface area contributed by atoms with E-state index in [0.717, 1.165) is 18.0 Å². The summed E-state index contributed by atoms with van der Waals surface area (Å²) in [6.45, 7) is 0. The second kappa shape index (κ2) is 5.30. The van der Waals surface area contributed by atoms with E-state index >= 15 is 0 Å². The molecule has 1 rings (SSSR count). The van der Waals surface area contributed by atoms with Crippen molar-refractivity contribution >= 4 is 28.9 Å². The Balaban J connectivity index is 2.80. The maximum Gasteiger partial charge on any atom is 0.141 e. The summed E-state index contributed by atoms with van der Waals surface area (Å²) in [5, 5.41) is 0. The predicted octanol–water partition coefficient (Wildman–Crippen LogP) is 1.19. The van der Waals surface area contributed by atoms with Crippen LogP contribution < -0.4 is 0 Å². The monoisotopic (exact) mass is 193 g/mol. The van der Waals surface area contributed by atoms with Crippen molar-refractivity contribution in [2.45, 2.75) is 0 Å². The van der Waals surface area contributed by atoms with Gasteiger partial charge in [-0.1, -0.05) is 6.07 Å². The molecule has 1 aromatic heterocycles. The van der Waals surface area contributed by atoms with Crippen molar-refractivity contribution in [2.75, 3.05) is 5.75 Å². The smallest absolute Gasteiger partial charge is 0.141 e. The molecule has 0 aliphatic carbocycles. The molecule has 3 nitrogen and oxygen atoms in total. The van der Waals surface area contributed by atoms with E-state index in [9.17, 15) is 9.59 Å². The van der Waals surface area contributed by atoms with Gasteiger partial charge in [0.15, 0.2) is 0 Å². The highest BCUT2D eigenvalue weighted by Gasteiger charge is 2.02. The Kier molecular flexibility index (Phi) is 3.96. The Morgan fingerprint density at radius 2 is 2.46 bits per heavy atom. The number of aromatic nitrogens is 1. The lowest BCUT2D eigenvalue weighted by atomic mass is 10.3. The van der Waals surface area contributed by atoms with Gasteiger partial charge in [0.25, 0.3) is 0 Å². The van der Waals surface area contributed by atoms with Gasteiger partial charge in [0, 0.05) is 6.20 Å². The molecule has 1 aromatic rings. The van der Waals surface area contributed by atoms with E-state index in [1.54, 1.807) is 30.3 Å². The molecule has 66 valence electrons. The van der Waals surface area contributed by atoms with Gasteiger partial charge in [-0.15, -0.1) is 11.8 Å². The highest BCUT2D eigenvalue weighted by atomic mass is 32.2. The van der Waals surface area contributed by atoms with Gasteiger partial charge in [0.05, 0.1) is 11.4 Å². The third kappa shape index (κ3) is 2.86. The zero-order valence-electron chi connectivity index (χ0n) is 6.77. The fourth-order valence-electron chi connectivity index (χ4n) is 0.770. The van der Waals surface area contributed by atoms with E-state index in [1.165, 1.54) is 0 Å². The standard InChI is InChI=1S/C9H7NO2S/c11-5-6-13-9(7-12)8-3-1-2-4-10-8/h1-5H,6H2. The molecule has 0 aliphatic rings. The predicted molar refractivity (Wildman–Crippen MR) is 51.9 cm³/mol. The van der Waals surface area contributed by atoms with E-state index in [4.69, 9.17) is 0 Å². The SMILES string of the molecule is O=C=C(SCC=O)c1ccccn1. The van der Waals surface area contributed by atoms with Crippen LogP contribution in [-0.2, 0) is 9.59 Å². The van der Waals surface area contributed by atoms with Crippen LogP contribution in [0.5, 0.6) is 0 Å². The molecule has 0 atom stereocenters. The van der Waals surface area contributed by atoms with Gasteiger partial charge in [-0.05, 0) is 12.1 Å². The molecule has 0 saturated heterocycles. The van der Waals surface area contributed by atoms with Crippen LogP contribution in [0, 0.1) is 0 Å². The fraction of sp³-hybridized carbons (Fsp3) is 0.111. The normalized spacial score (nSPS) is 8.92. The van der Waals surface area contributed by atoms with Gasteiger partial charge in [0.1, 0.15) is 17.1 Å². The topological polar surface area (TPSA) is 47.0 Å². The summed E-state index contributed by atoms with van der Waals surface area (Å²) in [5.74, 6) is 2.01. The molecular weight excluding hydrogens is 186 g/mol. The van der Waals surface area contributed by atoms with Crippen LogP contribution in [-0.4, -0.2) is 23.0 Å². The number of carbonyl (C=O) groups excluding carboxylic acids is 2. The van der Waals surface area contributed by atoms with Crippen molar-refractivity contribution in [1.82, 2.24) is 4.98 Å². The molecule has 0 aromatic carbocycles. The Labute approximate surface area is 79.9 Å². The van der Waals surface area contributed by atoms with Gasteiger partial charge < -0.3 is 4.79 Å². The van der Waals surface area contributed by atoms with Crippen molar-refractivity contribution in [3.05, 3.63) is 30.1 Å². The molecule has 1 heterocycles. The number of rotatable bonds is 4. The number of aldehydes is 1. The summed E-state index contributed by atoms with van der Waals surface area (Å²) < 4.78 is 0. The highest BCUT2D eigenvalue weighted by molar-refractivity contribution is 8.09. The van der Waals surface area contributed by atoms with Gasteiger partial charge in [-0.25, -0.2) is 4.79 Å². The van der Waals surface area contributed by atoms with Crippen LogP contribution in [0.3, 0.4) is 0 Å². The van der Waals surface area contributed by atoms with Crippen molar-refractivity contribution in [2.24, 2.45) is 0 Å². The minimum Gasteiger partial charge on any atom is -0.302 e. The molecule has 13 heavy (non-hydrogen) atoms. The molecule has 0 radical (unpaired) electrons. The zero-order valence-corrected chi connectivity index (χ0v) is 7.58. The van der Waals surface area contributed by atoms with Crippen molar-refractivity contribution in [3.63, 3.8) is 0 Å². The number of carbonyl (C=O) groups is 1. The lowest BCUT2D eigenvalue weighted by Crippen LogP contribution is -1.87. The minimum absolute atomic E-state index is 0.251. The van der Waals surface area contributed by atoms with Crippen LogP contribution in [0.2, 0.25) is 0 Å². The van der Waals surface area contributed by atoms with Gasteiger partial charge in [-0.2, -0.15) is 0 Å². The average molecular weight is 193 g/mol. The number of nitrogens with zero attached hydrogens (tertiary/aromatic N) is 1. The minimum atomic E-state index is 0.251. The fourth-order valence-corrected chi connectivity index (χ4v) is 1.33. The number of thioether (sulfide) groups is 1. The Morgan fingerprint density at radius 3 is 3.00 bits per heavy atom. The molecule has 0 N–H and O–H groups in total. The summed E-state index contributed by atoms with van der Waals surface area (Å²) in [6, 6.07) is 5.25. The van der Waals surface area contributed by atoms with E-state index in [-0.39, 0.29) is 5.75 Å². The first kappa shape index (κ1) is 9.71. The second-order valence-electron chi connectivity index (χ2n) is 2.12. The lowest BCUT2D eigenvalue weighted by molar-refractivity contribution is -0.105. The first-order valence-corrected chi connectivity index (χ1v) is 4.60. The second-order valence-corrected chi connectivity index (χ2v) is 3.15. The van der Waals surface area contributed by atoms with Crippen LogP contribution in [0.15, 0.2) is 24.4 Å². The third-order valence-corrected chi connectivity index (χ3v) is 2.17. The third-order valence-electron chi connectivity index (χ3n) is 1.29. The van der Waals surface area contributed by atoms with E-state index < -0.39 is 0 Å². The van der Waals surface area contributed by atoms with E-state index in [1.807, 2.05) is 0 Å². The summed E-state index contributed by atoms with van der Waals surface area (Å²) in [5.41, 5.74) is 0.560. The molecule has 0 amide bonds. The molecule has 0 unspecified atom stereocenters. The van der Waals surface area contributed by atoms with Gasteiger partial charge in [0.2, 0.25) is 0 Å². The maximum atomic E-state index is 10.5. The maximum absolute atomic E-state index is 10.5. The Morgan fingerprint density at radius 1 is 1.62 bits per heavy atom. The summed E-state index contributed by atoms with van der Waals surface area (Å²) in [4.78, 5) is 24.9. The highest BCUT2D eigenvalue weighted by Crippen LogP contribution is 2.21. The lowest BCUT2D eigenvalue weighted by Gasteiger charge is -1.97. The van der Waals surface area contributed by atoms with Crippen LogP contribution >= 0.6 is 11.8 Å². The molecule has 0 saturated carbocycles. The number of hydrogen-bond acceptors (Lipinski definition) is 4. The number of pyridine rings is 1. The van der Waals surface area contributed by atoms with Crippen molar-refractivity contribution in [3.8, 4) is 0 Å². The molecule has 0 fully saturated rings. The van der Waals surface area contributed by atoms with Crippen LogP contribution in [0.25, 0.3) is 4.91 Å². The van der Waals surface area contributed by atoms with Gasteiger partial charge in [-0.3, -0.25) is 4.98 Å². The number of hydrogen-bond donors (Lipinski definition) is 0. The molecule has 0 aliphatic heterocycles. The van der Waals surface area contributed by atoms with Crippen LogP contribution in [0.4, 0.5) is 0 Å². The van der Waals surface area contributed by atoms with Crippen LogP contribution in [0.1, 0.15) is 5.69 Å². The summed E-state index contributed by atoms with van der Waals surface area (Å²) >= 11 is 1.14. The summed E-state index contributed by atoms with van der Waals surface area (Å²) in [7, 11) is 0. The van der Waals surface area contributed by atoms with Crippen molar-refractivity contribution in [1.29, 1.82) is 0 Å². The van der Waals surface area contributed by atoms with Gasteiger partial charge >= 0.3 is 0 Å². The van der Waals surface area contributed by atoms with E-state index in [2.05, 4.69) is 4.98 Å². The van der Waals surface area contributed by atoms with Crippen molar-refractivity contribution < 1.29 is 9.59 Å². The quantitative estimate of drug-likeness (QED) is 0.532. The first-order chi connectivity index (χ1) is 6.38. The summed E-state index contributed by atoms with van der Waals surface area (Å²) in [6.07, 6.45) is 2.33. The molecule has 0 bridgehead atoms. The Bertz CT molecular complexity index is 331. The van der Waals surface area contributed by atoms with E-state index in [0.29, 0.717) is 10.6 Å². The first-order valence-electron chi connectivity index (χ1n) is 3.61. The molecule has 4 heteroatoms. The zero-order chi connectivity index (χ0) is 9.52. The Hall–Kier alpha value is -1.38. The average Bonchev–Trinajstić information content (AvgIpc) is 2.21.